The first-order valence-electron chi connectivity index (χ1n) is 11.6. The summed E-state index contributed by atoms with van der Waals surface area (Å²) < 4.78 is 10.8. The van der Waals surface area contributed by atoms with Gasteiger partial charge in [0.25, 0.3) is 5.56 Å². The lowest BCUT2D eigenvalue weighted by Crippen LogP contribution is -2.44. The molecule has 0 unspecified atom stereocenters. The van der Waals surface area contributed by atoms with Crippen LogP contribution in [0.5, 0.6) is 5.75 Å². The molecule has 180 valence electrons. The number of hydrogen-bond acceptors (Lipinski definition) is 5. The van der Waals surface area contributed by atoms with Gasteiger partial charge in [-0.3, -0.25) is 9.69 Å². The summed E-state index contributed by atoms with van der Waals surface area (Å²) in [6, 6.07) is 13.8. The predicted octanol–water partition coefficient (Wildman–Crippen LogP) is 3.68. The lowest BCUT2D eigenvalue weighted by atomic mass is 10.1. The molecule has 34 heavy (non-hydrogen) atoms. The highest BCUT2D eigenvalue weighted by atomic mass is 32.1. The number of thiocarbonyl (C=S) groups is 1. The summed E-state index contributed by atoms with van der Waals surface area (Å²) in [6.45, 7) is 9.40. The van der Waals surface area contributed by atoms with Crippen LogP contribution in [0.4, 0.5) is 5.69 Å². The van der Waals surface area contributed by atoms with E-state index >= 15 is 0 Å². The number of nitrogens with zero attached hydrogens (tertiary/aromatic N) is 2. The monoisotopic (exact) mass is 480 g/mol. The number of anilines is 1. The van der Waals surface area contributed by atoms with Crippen molar-refractivity contribution in [2.24, 2.45) is 0 Å². The maximum absolute atomic E-state index is 12.9. The molecule has 0 amide bonds. The van der Waals surface area contributed by atoms with Crippen LogP contribution in [0.3, 0.4) is 0 Å². The van der Waals surface area contributed by atoms with Crippen LogP contribution in [0, 0.1) is 13.8 Å². The molecule has 2 heterocycles. The molecule has 4 rings (SSSR count). The third-order valence-electron chi connectivity index (χ3n) is 6.19. The number of rotatable bonds is 7. The van der Waals surface area contributed by atoms with Crippen molar-refractivity contribution in [3.8, 4) is 5.75 Å². The number of aryl methyl sites for hydroxylation is 2. The van der Waals surface area contributed by atoms with E-state index in [-0.39, 0.29) is 5.56 Å². The van der Waals surface area contributed by atoms with E-state index < -0.39 is 0 Å². The summed E-state index contributed by atoms with van der Waals surface area (Å²) in [5, 5.41) is 4.93. The molecule has 3 aromatic rings. The zero-order chi connectivity index (χ0) is 24.1. The van der Waals surface area contributed by atoms with Crippen molar-refractivity contribution in [3.63, 3.8) is 0 Å². The number of H-pyrrole nitrogens is 1. The average molecular weight is 481 g/mol. The van der Waals surface area contributed by atoms with Crippen LogP contribution in [-0.2, 0) is 11.3 Å². The molecule has 0 aliphatic carbocycles. The predicted molar refractivity (Wildman–Crippen MR) is 141 cm³/mol. The normalized spacial score (nSPS) is 14.2. The Kier molecular flexibility index (Phi) is 7.82. The maximum atomic E-state index is 12.9. The van der Waals surface area contributed by atoms with Gasteiger partial charge in [-0.2, -0.15) is 0 Å². The molecule has 7 nitrogen and oxygen atoms in total. The van der Waals surface area contributed by atoms with Gasteiger partial charge in [-0.15, -0.1) is 0 Å². The molecule has 1 fully saturated rings. The van der Waals surface area contributed by atoms with Gasteiger partial charge in [0, 0.05) is 48.3 Å². The Morgan fingerprint density at radius 3 is 2.71 bits per heavy atom. The van der Waals surface area contributed by atoms with Crippen molar-refractivity contribution in [1.29, 1.82) is 0 Å². The topological polar surface area (TPSA) is 69.8 Å². The summed E-state index contributed by atoms with van der Waals surface area (Å²) >= 11 is 5.83. The van der Waals surface area contributed by atoms with Crippen molar-refractivity contribution in [1.82, 2.24) is 14.8 Å². The summed E-state index contributed by atoms with van der Waals surface area (Å²) in [7, 11) is 1.64. The molecule has 0 atom stereocenters. The van der Waals surface area contributed by atoms with Gasteiger partial charge in [-0.1, -0.05) is 17.7 Å². The van der Waals surface area contributed by atoms with Crippen LogP contribution in [-0.4, -0.2) is 66.4 Å². The summed E-state index contributed by atoms with van der Waals surface area (Å²) in [6.07, 6.45) is 0. The van der Waals surface area contributed by atoms with Crippen LogP contribution >= 0.6 is 12.2 Å². The van der Waals surface area contributed by atoms with Gasteiger partial charge in [-0.05, 0) is 62.0 Å². The molecule has 8 heteroatoms. The van der Waals surface area contributed by atoms with E-state index in [0.717, 1.165) is 60.8 Å². The lowest BCUT2D eigenvalue weighted by Gasteiger charge is -2.31. The Labute approximate surface area is 205 Å². The Morgan fingerprint density at radius 2 is 1.97 bits per heavy atom. The van der Waals surface area contributed by atoms with Crippen LogP contribution in [0.1, 0.15) is 16.7 Å². The van der Waals surface area contributed by atoms with Gasteiger partial charge in [0.2, 0.25) is 0 Å². The zero-order valence-corrected chi connectivity index (χ0v) is 20.8. The summed E-state index contributed by atoms with van der Waals surface area (Å²) in [5.41, 5.74) is 4.65. The third kappa shape index (κ3) is 5.94. The molecule has 2 N–H and O–H groups in total. The standard InChI is InChI=1S/C26H32N4O3S/c1-18-4-6-23(19(2)14-18)28-26(34)30(9-8-29-10-12-33-13-11-29)17-21-15-20-16-22(32-3)5-7-24(20)27-25(21)31/h4-7,14-16H,8-13,17H2,1-3H3,(H,27,31)(H,28,34). The molecule has 1 aliphatic rings. The number of fused-ring (bicyclic) bond motifs is 1. The number of pyridine rings is 1. The SMILES string of the molecule is COc1ccc2[nH]c(=O)c(CN(CCN3CCOCC3)C(=S)Nc3ccc(C)cc3C)cc2c1. The number of aromatic amines is 1. The quantitative estimate of drug-likeness (QED) is 0.500. The highest BCUT2D eigenvalue weighted by Crippen LogP contribution is 2.20. The average Bonchev–Trinajstić information content (AvgIpc) is 2.84. The minimum atomic E-state index is -0.108. The second-order valence-electron chi connectivity index (χ2n) is 8.70. The van der Waals surface area contributed by atoms with E-state index in [1.807, 2.05) is 30.3 Å². The number of morpholine rings is 1. The highest BCUT2D eigenvalue weighted by Gasteiger charge is 2.17. The second-order valence-corrected chi connectivity index (χ2v) is 9.09. The Bertz CT molecular complexity index is 1220. The molecule has 0 saturated carbocycles. The van der Waals surface area contributed by atoms with Crippen LogP contribution < -0.4 is 15.6 Å². The number of nitrogens with one attached hydrogen (secondary N) is 2. The summed E-state index contributed by atoms with van der Waals surface area (Å²) in [4.78, 5) is 20.3. The number of benzene rings is 2. The van der Waals surface area contributed by atoms with Gasteiger partial charge in [0.15, 0.2) is 5.11 Å². The number of ether oxygens (including phenoxy) is 2. The molecular weight excluding hydrogens is 448 g/mol. The fraction of sp³-hybridized carbons (Fsp3) is 0.385. The fourth-order valence-corrected chi connectivity index (χ4v) is 4.43. The molecule has 0 radical (unpaired) electrons. The van der Waals surface area contributed by atoms with Crippen molar-refractivity contribution < 1.29 is 9.47 Å². The molecule has 0 bridgehead atoms. The highest BCUT2D eigenvalue weighted by molar-refractivity contribution is 7.80. The van der Waals surface area contributed by atoms with E-state index in [4.69, 9.17) is 21.7 Å². The minimum absolute atomic E-state index is 0.108. The largest absolute Gasteiger partial charge is 0.497 e. The minimum Gasteiger partial charge on any atom is -0.497 e. The second kappa shape index (κ2) is 11.0. The van der Waals surface area contributed by atoms with E-state index in [2.05, 4.69) is 46.1 Å². The maximum Gasteiger partial charge on any atom is 0.253 e. The van der Waals surface area contributed by atoms with Crippen LogP contribution in [0.15, 0.2) is 47.3 Å². The molecule has 0 spiro atoms. The first-order chi connectivity index (χ1) is 16.4. The van der Waals surface area contributed by atoms with Crippen molar-refractivity contribution in [2.45, 2.75) is 20.4 Å². The Balaban J connectivity index is 1.58. The van der Waals surface area contributed by atoms with Gasteiger partial charge in [-0.25, -0.2) is 0 Å². The van der Waals surface area contributed by atoms with Gasteiger partial charge in [0.05, 0.1) is 26.9 Å². The molecule has 1 saturated heterocycles. The van der Waals surface area contributed by atoms with Crippen LogP contribution in [0.25, 0.3) is 10.9 Å². The van der Waals surface area contributed by atoms with Gasteiger partial charge >= 0.3 is 0 Å². The lowest BCUT2D eigenvalue weighted by molar-refractivity contribution is 0.0358. The smallest absolute Gasteiger partial charge is 0.253 e. The number of aromatic nitrogens is 1. The first-order valence-corrected chi connectivity index (χ1v) is 12.0. The Hall–Kier alpha value is -2.94. The van der Waals surface area contributed by atoms with Crippen molar-refractivity contribution in [2.75, 3.05) is 51.8 Å². The number of hydrogen-bond donors (Lipinski definition) is 2. The van der Waals surface area contributed by atoms with E-state index in [1.165, 1.54) is 5.56 Å². The first kappa shape index (κ1) is 24.2. The van der Waals surface area contributed by atoms with E-state index in [0.29, 0.717) is 23.8 Å². The van der Waals surface area contributed by atoms with E-state index in [1.54, 1.807) is 7.11 Å². The molecule has 1 aliphatic heterocycles. The molecule has 1 aromatic heterocycles. The third-order valence-corrected chi connectivity index (χ3v) is 6.55. The zero-order valence-electron chi connectivity index (χ0n) is 20.0. The van der Waals surface area contributed by atoms with Gasteiger partial charge in [0.1, 0.15) is 5.75 Å². The van der Waals surface area contributed by atoms with Gasteiger partial charge < -0.3 is 24.7 Å². The molecular formula is C26H32N4O3S. The van der Waals surface area contributed by atoms with Crippen molar-refractivity contribution in [3.05, 3.63) is 69.5 Å². The summed E-state index contributed by atoms with van der Waals surface area (Å²) in [5.74, 6) is 0.752. The van der Waals surface area contributed by atoms with Crippen LogP contribution in [0.2, 0.25) is 0 Å². The van der Waals surface area contributed by atoms with Crippen molar-refractivity contribution >= 4 is 33.9 Å². The molecule has 2 aromatic carbocycles. The Morgan fingerprint density at radius 1 is 1.18 bits per heavy atom. The fourth-order valence-electron chi connectivity index (χ4n) is 4.17. The number of methoxy groups -OCH3 is 1. The van der Waals surface area contributed by atoms with E-state index in [9.17, 15) is 4.79 Å².